The average molecular weight is 304 g/mol. The number of aliphatic hydroxyl groups is 1. The molecule has 1 saturated heterocycles. The molecule has 0 radical (unpaired) electrons. The summed E-state index contributed by atoms with van der Waals surface area (Å²) in [6.07, 6.45) is 2.92. The summed E-state index contributed by atoms with van der Waals surface area (Å²) >= 11 is 0. The maximum Gasteiger partial charge on any atom is 0.254 e. The number of rotatable bonds is 2. The lowest BCUT2D eigenvalue weighted by Crippen LogP contribution is -2.45. The highest BCUT2D eigenvalue weighted by Crippen LogP contribution is 2.20. The number of aromatic nitrogens is 3. The van der Waals surface area contributed by atoms with Gasteiger partial charge in [-0.15, -0.1) is 0 Å². The van der Waals surface area contributed by atoms with Crippen LogP contribution in [-0.2, 0) is 0 Å². The monoisotopic (exact) mass is 304 g/mol. The standard InChI is InChI=1S/C15H17FN4O2/c1-10-4-5-19(7-14(10)21)15(22)11-2-3-13(12(16)6-11)20-9-17-8-18-20/h2-3,6,8-10,14,21H,4-5,7H2,1H3. The number of β-amino-alcohol motifs (C(OH)–C–C–N with tert-alkyl or cyclic N) is 1. The molecule has 0 saturated carbocycles. The van der Waals surface area contributed by atoms with Crippen molar-refractivity contribution in [3.05, 3.63) is 42.2 Å². The quantitative estimate of drug-likeness (QED) is 0.906. The molecule has 1 amide bonds. The second-order valence-corrected chi connectivity index (χ2v) is 5.59. The summed E-state index contributed by atoms with van der Waals surface area (Å²) < 4.78 is 15.5. The first-order valence-corrected chi connectivity index (χ1v) is 7.18. The van der Waals surface area contributed by atoms with Crippen molar-refractivity contribution in [1.82, 2.24) is 19.7 Å². The van der Waals surface area contributed by atoms with Gasteiger partial charge < -0.3 is 10.0 Å². The van der Waals surface area contributed by atoms with Crippen molar-refractivity contribution < 1.29 is 14.3 Å². The van der Waals surface area contributed by atoms with E-state index in [1.54, 1.807) is 11.0 Å². The van der Waals surface area contributed by atoms with Gasteiger partial charge in [-0.05, 0) is 30.5 Å². The van der Waals surface area contributed by atoms with Crippen LogP contribution < -0.4 is 0 Å². The summed E-state index contributed by atoms with van der Waals surface area (Å²) in [7, 11) is 0. The van der Waals surface area contributed by atoms with E-state index in [1.165, 1.54) is 29.5 Å². The summed E-state index contributed by atoms with van der Waals surface area (Å²) in [5, 5.41) is 13.7. The Morgan fingerprint density at radius 3 is 2.91 bits per heavy atom. The molecule has 1 aromatic heterocycles. The molecule has 1 aromatic carbocycles. The van der Waals surface area contributed by atoms with E-state index in [2.05, 4.69) is 10.1 Å². The molecule has 0 aliphatic carbocycles. The first-order chi connectivity index (χ1) is 10.6. The van der Waals surface area contributed by atoms with Crippen molar-refractivity contribution in [3.63, 3.8) is 0 Å². The van der Waals surface area contributed by atoms with Gasteiger partial charge in [0.15, 0.2) is 0 Å². The number of likely N-dealkylation sites (tertiary alicyclic amines) is 1. The molecule has 2 atom stereocenters. The molecule has 1 N–H and O–H groups in total. The second-order valence-electron chi connectivity index (χ2n) is 5.59. The molecule has 0 bridgehead atoms. The summed E-state index contributed by atoms with van der Waals surface area (Å²) in [4.78, 5) is 17.7. The van der Waals surface area contributed by atoms with Gasteiger partial charge in [0.2, 0.25) is 0 Å². The Balaban J connectivity index is 1.80. The minimum atomic E-state index is -0.540. The fraction of sp³-hybridized carbons (Fsp3) is 0.400. The Kier molecular flexibility index (Phi) is 3.89. The van der Waals surface area contributed by atoms with E-state index in [4.69, 9.17) is 0 Å². The molecule has 2 unspecified atom stereocenters. The number of benzene rings is 1. The van der Waals surface area contributed by atoms with Gasteiger partial charge >= 0.3 is 0 Å². The van der Waals surface area contributed by atoms with Gasteiger partial charge in [0.05, 0.1) is 6.10 Å². The molecule has 1 fully saturated rings. The van der Waals surface area contributed by atoms with Crippen molar-refractivity contribution in [3.8, 4) is 5.69 Å². The minimum absolute atomic E-state index is 0.176. The zero-order chi connectivity index (χ0) is 15.7. The van der Waals surface area contributed by atoms with Crippen LogP contribution in [0.25, 0.3) is 5.69 Å². The van der Waals surface area contributed by atoms with Crippen molar-refractivity contribution in [2.75, 3.05) is 13.1 Å². The molecule has 116 valence electrons. The maximum atomic E-state index is 14.2. The largest absolute Gasteiger partial charge is 0.391 e. The topological polar surface area (TPSA) is 71.2 Å². The molecule has 7 heteroatoms. The Bertz CT molecular complexity index is 674. The molecule has 1 aliphatic rings. The lowest BCUT2D eigenvalue weighted by molar-refractivity contribution is 0.0248. The Hall–Kier alpha value is -2.28. The highest BCUT2D eigenvalue weighted by Gasteiger charge is 2.28. The average Bonchev–Trinajstić information content (AvgIpc) is 3.03. The van der Waals surface area contributed by atoms with Crippen molar-refractivity contribution in [1.29, 1.82) is 0 Å². The van der Waals surface area contributed by atoms with Gasteiger partial charge in [0.25, 0.3) is 5.91 Å². The van der Waals surface area contributed by atoms with Crippen molar-refractivity contribution >= 4 is 5.91 Å². The van der Waals surface area contributed by atoms with Crippen LogP contribution in [0.3, 0.4) is 0 Å². The van der Waals surface area contributed by atoms with E-state index >= 15 is 0 Å². The van der Waals surface area contributed by atoms with E-state index in [0.717, 1.165) is 6.42 Å². The van der Waals surface area contributed by atoms with Crippen LogP contribution in [0, 0.1) is 11.7 Å². The molecule has 22 heavy (non-hydrogen) atoms. The zero-order valence-corrected chi connectivity index (χ0v) is 12.2. The third-order valence-corrected chi connectivity index (χ3v) is 4.07. The molecular weight excluding hydrogens is 287 g/mol. The summed E-state index contributed by atoms with van der Waals surface area (Å²) in [6.45, 7) is 2.81. The van der Waals surface area contributed by atoms with Crippen LogP contribution in [0.15, 0.2) is 30.9 Å². The summed E-state index contributed by atoms with van der Waals surface area (Å²) in [6, 6.07) is 4.26. The van der Waals surface area contributed by atoms with Gasteiger partial charge in [0.1, 0.15) is 24.2 Å². The number of hydrogen-bond donors (Lipinski definition) is 1. The minimum Gasteiger partial charge on any atom is -0.391 e. The lowest BCUT2D eigenvalue weighted by atomic mass is 9.95. The first kappa shape index (κ1) is 14.6. The zero-order valence-electron chi connectivity index (χ0n) is 12.2. The normalized spacial score (nSPS) is 21.9. The lowest BCUT2D eigenvalue weighted by Gasteiger charge is -2.34. The molecule has 0 spiro atoms. The second kappa shape index (κ2) is 5.84. The predicted molar refractivity (Wildman–Crippen MR) is 77.0 cm³/mol. The Morgan fingerprint density at radius 2 is 2.27 bits per heavy atom. The highest BCUT2D eigenvalue weighted by atomic mass is 19.1. The number of carbonyl (C=O) groups is 1. The number of aliphatic hydroxyl groups excluding tert-OH is 1. The van der Waals surface area contributed by atoms with E-state index in [9.17, 15) is 14.3 Å². The first-order valence-electron chi connectivity index (χ1n) is 7.18. The molecule has 2 aromatic rings. The Labute approximate surface area is 127 Å². The van der Waals surface area contributed by atoms with Gasteiger partial charge in [-0.1, -0.05) is 6.92 Å². The van der Waals surface area contributed by atoms with Crippen LogP contribution in [-0.4, -0.2) is 49.9 Å². The van der Waals surface area contributed by atoms with Crippen molar-refractivity contribution in [2.45, 2.75) is 19.4 Å². The number of carbonyl (C=O) groups excluding carboxylic acids is 1. The number of halogens is 1. The summed E-state index contributed by atoms with van der Waals surface area (Å²) in [5.41, 5.74) is 0.504. The van der Waals surface area contributed by atoms with Crippen LogP contribution in [0.2, 0.25) is 0 Å². The molecular formula is C15H17FN4O2. The Morgan fingerprint density at radius 1 is 1.45 bits per heavy atom. The van der Waals surface area contributed by atoms with E-state index < -0.39 is 11.9 Å². The number of piperidine rings is 1. The fourth-order valence-corrected chi connectivity index (χ4v) is 2.57. The smallest absolute Gasteiger partial charge is 0.254 e. The SMILES string of the molecule is CC1CCN(C(=O)c2ccc(-n3cncn3)c(F)c2)CC1O. The number of amides is 1. The third kappa shape index (κ3) is 2.71. The molecule has 6 nitrogen and oxygen atoms in total. The van der Waals surface area contributed by atoms with Crippen LogP contribution in [0.4, 0.5) is 4.39 Å². The predicted octanol–water partition coefficient (Wildman–Crippen LogP) is 1.25. The number of hydrogen-bond acceptors (Lipinski definition) is 4. The van der Waals surface area contributed by atoms with Crippen molar-refractivity contribution in [2.24, 2.45) is 5.92 Å². The van der Waals surface area contributed by atoms with Gasteiger partial charge in [0, 0.05) is 18.7 Å². The van der Waals surface area contributed by atoms with Crippen LogP contribution in [0.1, 0.15) is 23.7 Å². The van der Waals surface area contributed by atoms with Gasteiger partial charge in [-0.2, -0.15) is 5.10 Å². The van der Waals surface area contributed by atoms with Gasteiger partial charge in [-0.3, -0.25) is 4.79 Å². The van der Waals surface area contributed by atoms with Crippen LogP contribution in [0.5, 0.6) is 0 Å². The van der Waals surface area contributed by atoms with E-state index in [0.29, 0.717) is 6.54 Å². The summed E-state index contributed by atoms with van der Waals surface area (Å²) in [5.74, 6) is -0.632. The highest BCUT2D eigenvalue weighted by molar-refractivity contribution is 5.94. The van der Waals surface area contributed by atoms with E-state index in [1.807, 2.05) is 6.92 Å². The third-order valence-electron chi connectivity index (χ3n) is 4.07. The van der Waals surface area contributed by atoms with E-state index in [-0.39, 0.29) is 29.6 Å². The molecule has 2 heterocycles. The number of nitrogens with zero attached hydrogens (tertiary/aromatic N) is 4. The maximum absolute atomic E-state index is 14.2. The molecule has 3 rings (SSSR count). The van der Waals surface area contributed by atoms with Gasteiger partial charge in [-0.25, -0.2) is 14.1 Å². The molecule has 1 aliphatic heterocycles. The van der Waals surface area contributed by atoms with Crippen LogP contribution >= 0.6 is 0 Å². The fourth-order valence-electron chi connectivity index (χ4n) is 2.57.